The third kappa shape index (κ3) is 7.22. The SMILES string of the molecule is CC1(C)CC(CC(C#N)NC(=O)C2CC3(CCCCC3)CN2C(=O)C(NC(=O)C(F)(F)F)C(C)(C)C)C(=O)N1. The topological polar surface area (TPSA) is 131 Å². The van der Waals surface area contributed by atoms with Crippen LogP contribution in [0.3, 0.4) is 0 Å². The summed E-state index contributed by atoms with van der Waals surface area (Å²) in [4.78, 5) is 52.8. The lowest BCUT2D eigenvalue weighted by Crippen LogP contribution is -2.59. The third-order valence-electron chi connectivity index (χ3n) is 8.24. The second-order valence-corrected chi connectivity index (χ2v) is 13.2. The number of hydrogen-bond acceptors (Lipinski definition) is 5. The molecule has 0 radical (unpaired) electrons. The van der Waals surface area contributed by atoms with E-state index in [0.717, 1.165) is 32.1 Å². The van der Waals surface area contributed by atoms with Crippen molar-refractivity contribution in [2.24, 2.45) is 16.7 Å². The lowest BCUT2D eigenvalue weighted by molar-refractivity contribution is -0.176. The summed E-state index contributed by atoms with van der Waals surface area (Å²) >= 11 is 0. The number of nitriles is 1. The molecular formula is C27H40F3N5O4. The first kappa shape index (κ1) is 30.7. The number of hydrogen-bond donors (Lipinski definition) is 3. The van der Waals surface area contributed by atoms with Crippen molar-refractivity contribution in [2.45, 2.75) is 116 Å². The van der Waals surface area contributed by atoms with Gasteiger partial charge in [0.25, 0.3) is 0 Å². The summed E-state index contributed by atoms with van der Waals surface area (Å²) < 4.78 is 39.3. The average molecular weight is 556 g/mol. The maximum absolute atomic E-state index is 13.8. The molecule has 9 nitrogen and oxygen atoms in total. The number of halogens is 3. The van der Waals surface area contributed by atoms with Crippen LogP contribution in [0.1, 0.15) is 86.0 Å². The van der Waals surface area contributed by atoms with E-state index in [-0.39, 0.29) is 24.3 Å². The van der Waals surface area contributed by atoms with Gasteiger partial charge in [-0.15, -0.1) is 0 Å². The van der Waals surface area contributed by atoms with Crippen LogP contribution in [-0.2, 0) is 19.2 Å². The van der Waals surface area contributed by atoms with Crippen LogP contribution in [0, 0.1) is 28.1 Å². The molecule has 0 aromatic carbocycles. The molecule has 4 amide bonds. The van der Waals surface area contributed by atoms with E-state index in [4.69, 9.17) is 0 Å². The van der Waals surface area contributed by atoms with Gasteiger partial charge >= 0.3 is 12.1 Å². The molecule has 218 valence electrons. The molecule has 0 aromatic rings. The van der Waals surface area contributed by atoms with Crippen LogP contribution in [0.4, 0.5) is 13.2 Å². The number of carbonyl (C=O) groups excluding carboxylic acids is 4. The van der Waals surface area contributed by atoms with Gasteiger partial charge in [0.05, 0.1) is 6.07 Å². The number of likely N-dealkylation sites (tertiary alicyclic amines) is 1. The fourth-order valence-corrected chi connectivity index (χ4v) is 6.30. The van der Waals surface area contributed by atoms with E-state index in [9.17, 15) is 37.6 Å². The van der Waals surface area contributed by atoms with E-state index in [0.29, 0.717) is 12.8 Å². The van der Waals surface area contributed by atoms with Crippen molar-refractivity contribution in [3.63, 3.8) is 0 Å². The molecule has 1 spiro atoms. The third-order valence-corrected chi connectivity index (χ3v) is 8.24. The zero-order chi connectivity index (χ0) is 29.4. The molecular weight excluding hydrogens is 515 g/mol. The lowest BCUT2D eigenvalue weighted by atomic mass is 9.72. The highest BCUT2D eigenvalue weighted by Crippen LogP contribution is 2.47. The molecule has 2 heterocycles. The Morgan fingerprint density at radius 1 is 1.10 bits per heavy atom. The number of carbonyl (C=O) groups is 4. The monoisotopic (exact) mass is 555 g/mol. The van der Waals surface area contributed by atoms with Crippen molar-refractivity contribution in [3.8, 4) is 6.07 Å². The van der Waals surface area contributed by atoms with Gasteiger partial charge in [-0.05, 0) is 56.8 Å². The van der Waals surface area contributed by atoms with Crippen LogP contribution in [0.2, 0.25) is 0 Å². The first-order valence-corrected chi connectivity index (χ1v) is 13.6. The maximum atomic E-state index is 13.8. The van der Waals surface area contributed by atoms with Gasteiger partial charge in [0.15, 0.2) is 0 Å². The molecule has 39 heavy (non-hydrogen) atoms. The van der Waals surface area contributed by atoms with Gasteiger partial charge in [-0.25, -0.2) is 0 Å². The molecule has 2 saturated heterocycles. The molecule has 4 atom stereocenters. The number of rotatable bonds is 6. The zero-order valence-corrected chi connectivity index (χ0v) is 23.3. The Hall–Kier alpha value is -2.84. The van der Waals surface area contributed by atoms with Gasteiger partial charge < -0.3 is 20.9 Å². The summed E-state index contributed by atoms with van der Waals surface area (Å²) in [7, 11) is 0. The molecule has 12 heteroatoms. The summed E-state index contributed by atoms with van der Waals surface area (Å²) in [5, 5.41) is 17.2. The lowest BCUT2D eigenvalue weighted by Gasteiger charge is -2.37. The van der Waals surface area contributed by atoms with Crippen molar-refractivity contribution >= 4 is 23.6 Å². The van der Waals surface area contributed by atoms with Crippen LogP contribution < -0.4 is 16.0 Å². The van der Waals surface area contributed by atoms with Crippen LogP contribution in [-0.4, -0.2) is 64.9 Å². The largest absolute Gasteiger partial charge is 0.471 e. The van der Waals surface area contributed by atoms with Crippen molar-refractivity contribution in [1.29, 1.82) is 5.26 Å². The van der Waals surface area contributed by atoms with Gasteiger partial charge in [-0.3, -0.25) is 19.2 Å². The van der Waals surface area contributed by atoms with E-state index in [2.05, 4.69) is 10.6 Å². The van der Waals surface area contributed by atoms with Crippen molar-refractivity contribution < 1.29 is 32.3 Å². The summed E-state index contributed by atoms with van der Waals surface area (Å²) in [6.07, 6.45) is 0.160. The second-order valence-electron chi connectivity index (χ2n) is 13.2. The first-order valence-electron chi connectivity index (χ1n) is 13.6. The number of amides is 4. The highest BCUT2D eigenvalue weighted by atomic mass is 19.4. The molecule has 0 bridgehead atoms. The highest BCUT2D eigenvalue weighted by Gasteiger charge is 2.52. The summed E-state index contributed by atoms with van der Waals surface area (Å²) in [6, 6.07) is -1.47. The smallest absolute Gasteiger partial charge is 0.351 e. The van der Waals surface area contributed by atoms with E-state index < -0.39 is 58.9 Å². The van der Waals surface area contributed by atoms with Crippen LogP contribution >= 0.6 is 0 Å². The minimum absolute atomic E-state index is 0.107. The Labute approximate surface area is 227 Å². The predicted molar refractivity (Wildman–Crippen MR) is 136 cm³/mol. The minimum atomic E-state index is -5.17. The Balaban J connectivity index is 1.84. The quantitative estimate of drug-likeness (QED) is 0.464. The molecule has 3 N–H and O–H groups in total. The maximum Gasteiger partial charge on any atom is 0.471 e. The Bertz CT molecular complexity index is 1020. The fraction of sp³-hybridized carbons (Fsp3) is 0.815. The summed E-state index contributed by atoms with van der Waals surface area (Å²) in [5.41, 5.74) is -1.85. The molecule has 4 unspecified atom stereocenters. The minimum Gasteiger partial charge on any atom is -0.351 e. The molecule has 2 aliphatic heterocycles. The van der Waals surface area contributed by atoms with E-state index in [1.807, 2.05) is 25.2 Å². The number of nitrogens with one attached hydrogen (secondary N) is 3. The van der Waals surface area contributed by atoms with E-state index in [1.165, 1.54) is 4.90 Å². The fourth-order valence-electron chi connectivity index (χ4n) is 6.30. The van der Waals surface area contributed by atoms with Crippen LogP contribution in [0.25, 0.3) is 0 Å². The molecule has 0 aromatic heterocycles. The Morgan fingerprint density at radius 2 is 1.72 bits per heavy atom. The van der Waals surface area contributed by atoms with E-state index in [1.54, 1.807) is 20.8 Å². The van der Waals surface area contributed by atoms with Gasteiger partial charge in [0, 0.05) is 18.0 Å². The van der Waals surface area contributed by atoms with Crippen LogP contribution in [0.5, 0.6) is 0 Å². The van der Waals surface area contributed by atoms with Crippen molar-refractivity contribution in [3.05, 3.63) is 0 Å². The molecule has 3 fully saturated rings. The van der Waals surface area contributed by atoms with Gasteiger partial charge in [0.2, 0.25) is 17.7 Å². The van der Waals surface area contributed by atoms with Crippen molar-refractivity contribution in [2.75, 3.05) is 6.54 Å². The number of nitrogens with zero attached hydrogens (tertiary/aromatic N) is 2. The van der Waals surface area contributed by atoms with Crippen molar-refractivity contribution in [1.82, 2.24) is 20.9 Å². The summed E-state index contributed by atoms with van der Waals surface area (Å²) in [6.45, 7) is 8.59. The zero-order valence-electron chi connectivity index (χ0n) is 23.3. The van der Waals surface area contributed by atoms with Gasteiger partial charge in [-0.2, -0.15) is 18.4 Å². The standard InChI is InChI=1S/C27H40F3N5O4/c1-24(2,3)19(33-23(39)27(28,29)30)22(38)35-15-26(9-7-6-8-10-26)13-18(35)21(37)32-17(14-31)11-16-12-25(4,5)34-20(16)36/h16-19H,6-13,15H2,1-5H3,(H,32,37)(H,33,39)(H,34,36). The van der Waals surface area contributed by atoms with E-state index >= 15 is 0 Å². The normalized spacial score (nSPS) is 25.9. The predicted octanol–water partition coefficient (Wildman–Crippen LogP) is 2.94. The number of alkyl halides is 3. The Morgan fingerprint density at radius 3 is 2.21 bits per heavy atom. The highest BCUT2D eigenvalue weighted by molar-refractivity contribution is 5.94. The molecule has 3 rings (SSSR count). The van der Waals surface area contributed by atoms with Crippen LogP contribution in [0.15, 0.2) is 0 Å². The molecule has 1 saturated carbocycles. The molecule has 3 aliphatic rings. The Kier molecular flexibility index (Phi) is 8.63. The molecule has 1 aliphatic carbocycles. The first-order chi connectivity index (χ1) is 17.9. The van der Waals surface area contributed by atoms with Gasteiger partial charge in [-0.1, -0.05) is 40.0 Å². The van der Waals surface area contributed by atoms with Gasteiger partial charge in [0.1, 0.15) is 18.1 Å². The average Bonchev–Trinajstić information content (AvgIpc) is 3.30. The second kappa shape index (κ2) is 11.0. The summed E-state index contributed by atoms with van der Waals surface area (Å²) in [5.74, 6) is -4.20.